The van der Waals surface area contributed by atoms with Crippen LogP contribution in [0.5, 0.6) is 5.75 Å². The Morgan fingerprint density at radius 2 is 1.82 bits per heavy atom. The van der Waals surface area contributed by atoms with Gasteiger partial charge in [-0.3, -0.25) is 4.79 Å². The first kappa shape index (κ1) is 16.0. The molecule has 6 heteroatoms. The van der Waals surface area contributed by atoms with E-state index in [1.165, 1.54) is 24.3 Å². The van der Waals surface area contributed by atoms with Crippen molar-refractivity contribution in [3.05, 3.63) is 54.1 Å². The number of benzene rings is 2. The Balaban J connectivity index is 1.91. The minimum Gasteiger partial charge on any atom is -0.484 e. The molecule has 22 heavy (non-hydrogen) atoms. The molecule has 1 amide bonds. The number of aryl methyl sites for hydroxylation is 1. The molecular weight excluding hydrogens is 302 g/mol. The molecule has 0 unspecified atom stereocenters. The number of rotatable bonds is 5. The highest BCUT2D eigenvalue weighted by Gasteiger charge is 2.08. The number of carbonyl (C=O) groups excluding carboxylic acids is 1. The van der Waals surface area contributed by atoms with Gasteiger partial charge in [0.05, 0.1) is 4.90 Å². The molecule has 1 N–H and O–H groups in total. The molecule has 0 bridgehead atoms. The lowest BCUT2D eigenvalue weighted by atomic mass is 10.2. The highest BCUT2D eigenvalue weighted by molar-refractivity contribution is 7.90. The van der Waals surface area contributed by atoms with Gasteiger partial charge >= 0.3 is 0 Å². The Kier molecular flexibility index (Phi) is 4.82. The lowest BCUT2D eigenvalue weighted by Gasteiger charge is -2.08. The molecule has 0 radical (unpaired) electrons. The van der Waals surface area contributed by atoms with Crippen LogP contribution in [0.25, 0.3) is 0 Å². The molecule has 0 saturated heterocycles. The van der Waals surface area contributed by atoms with Crippen LogP contribution >= 0.6 is 0 Å². The van der Waals surface area contributed by atoms with Gasteiger partial charge in [-0.1, -0.05) is 12.1 Å². The first-order valence-corrected chi connectivity index (χ1v) is 8.53. The van der Waals surface area contributed by atoms with Crippen molar-refractivity contribution in [2.45, 2.75) is 11.8 Å². The van der Waals surface area contributed by atoms with Crippen LogP contribution < -0.4 is 10.1 Å². The maximum absolute atomic E-state index is 11.8. The Labute approximate surface area is 129 Å². The largest absolute Gasteiger partial charge is 0.484 e. The molecule has 0 aliphatic heterocycles. The van der Waals surface area contributed by atoms with E-state index in [2.05, 4.69) is 5.32 Å². The third kappa shape index (κ3) is 4.60. The van der Waals surface area contributed by atoms with Crippen LogP contribution in [0.4, 0.5) is 5.69 Å². The van der Waals surface area contributed by atoms with Crippen molar-refractivity contribution in [3.8, 4) is 5.75 Å². The summed E-state index contributed by atoms with van der Waals surface area (Å²) < 4.78 is 28.0. The average Bonchev–Trinajstić information content (AvgIpc) is 2.45. The van der Waals surface area contributed by atoms with Gasteiger partial charge in [0.2, 0.25) is 0 Å². The summed E-state index contributed by atoms with van der Waals surface area (Å²) in [6, 6.07) is 13.4. The molecule has 5 nitrogen and oxygen atoms in total. The molecular formula is C16H17NO4S. The van der Waals surface area contributed by atoms with E-state index in [0.29, 0.717) is 11.4 Å². The molecule has 0 heterocycles. The summed E-state index contributed by atoms with van der Waals surface area (Å²) in [5, 5.41) is 2.73. The van der Waals surface area contributed by atoms with Crippen LogP contribution in [0.2, 0.25) is 0 Å². The van der Waals surface area contributed by atoms with E-state index in [1.54, 1.807) is 6.07 Å². The lowest BCUT2D eigenvalue weighted by Crippen LogP contribution is -2.20. The van der Waals surface area contributed by atoms with Crippen molar-refractivity contribution >= 4 is 21.4 Å². The van der Waals surface area contributed by atoms with Crippen LogP contribution in [0, 0.1) is 6.92 Å². The average molecular weight is 319 g/mol. The van der Waals surface area contributed by atoms with Gasteiger partial charge in [-0.2, -0.15) is 0 Å². The predicted molar refractivity (Wildman–Crippen MR) is 84.9 cm³/mol. The minimum atomic E-state index is -3.23. The van der Waals surface area contributed by atoms with Gasteiger partial charge in [-0.25, -0.2) is 8.42 Å². The summed E-state index contributed by atoms with van der Waals surface area (Å²) in [5.74, 6) is 0.157. The smallest absolute Gasteiger partial charge is 0.262 e. The molecule has 0 aliphatic carbocycles. The van der Waals surface area contributed by atoms with Gasteiger partial charge in [0.15, 0.2) is 16.4 Å². The van der Waals surface area contributed by atoms with Crippen molar-refractivity contribution in [3.63, 3.8) is 0 Å². The van der Waals surface area contributed by atoms with Crippen molar-refractivity contribution in [1.82, 2.24) is 0 Å². The maximum Gasteiger partial charge on any atom is 0.262 e. The summed E-state index contributed by atoms with van der Waals surface area (Å²) >= 11 is 0. The van der Waals surface area contributed by atoms with E-state index in [4.69, 9.17) is 4.74 Å². The predicted octanol–water partition coefficient (Wildman–Crippen LogP) is 2.42. The summed E-state index contributed by atoms with van der Waals surface area (Å²) in [7, 11) is -3.23. The Bertz CT molecular complexity index is 767. The number of ether oxygens (including phenoxy) is 1. The normalized spacial score (nSPS) is 11.0. The van der Waals surface area contributed by atoms with Gasteiger partial charge in [-0.05, 0) is 48.9 Å². The Hall–Kier alpha value is -2.34. The van der Waals surface area contributed by atoms with E-state index in [1.807, 2.05) is 25.1 Å². The van der Waals surface area contributed by atoms with Crippen LogP contribution in [0.15, 0.2) is 53.4 Å². The quantitative estimate of drug-likeness (QED) is 0.918. The number of anilines is 1. The fourth-order valence-electron chi connectivity index (χ4n) is 1.85. The third-order valence-electron chi connectivity index (χ3n) is 2.92. The second-order valence-electron chi connectivity index (χ2n) is 4.95. The molecule has 0 fully saturated rings. The standard InChI is InChI=1S/C16H17NO4S/c1-12-4-3-5-13(10-12)17-16(18)11-21-14-6-8-15(9-7-14)22(2,19)20/h3-10H,11H2,1-2H3,(H,17,18). The number of nitrogens with one attached hydrogen (secondary N) is 1. The Morgan fingerprint density at radius 3 is 2.41 bits per heavy atom. The zero-order chi connectivity index (χ0) is 16.2. The number of hydrogen-bond donors (Lipinski definition) is 1. The molecule has 0 atom stereocenters. The van der Waals surface area contributed by atoms with Gasteiger partial charge in [-0.15, -0.1) is 0 Å². The molecule has 116 valence electrons. The third-order valence-corrected chi connectivity index (χ3v) is 4.05. The number of amides is 1. The molecule has 2 aromatic rings. The van der Waals surface area contributed by atoms with Gasteiger partial charge in [0.1, 0.15) is 5.75 Å². The van der Waals surface area contributed by atoms with Crippen LogP contribution in [-0.2, 0) is 14.6 Å². The van der Waals surface area contributed by atoms with Crippen molar-refractivity contribution < 1.29 is 17.9 Å². The molecule has 0 saturated carbocycles. The first-order chi connectivity index (χ1) is 10.3. The topological polar surface area (TPSA) is 72.5 Å². The zero-order valence-electron chi connectivity index (χ0n) is 12.4. The Morgan fingerprint density at radius 1 is 1.14 bits per heavy atom. The van der Waals surface area contributed by atoms with Crippen LogP contribution in [0.3, 0.4) is 0 Å². The summed E-state index contributed by atoms with van der Waals surface area (Å²) in [4.78, 5) is 12.0. The second kappa shape index (κ2) is 6.62. The van der Waals surface area contributed by atoms with Crippen molar-refractivity contribution in [1.29, 1.82) is 0 Å². The van der Waals surface area contributed by atoms with Crippen molar-refractivity contribution in [2.24, 2.45) is 0 Å². The van der Waals surface area contributed by atoms with Gasteiger partial charge < -0.3 is 10.1 Å². The van der Waals surface area contributed by atoms with Crippen LogP contribution in [0.1, 0.15) is 5.56 Å². The molecule has 0 aliphatic rings. The van der Waals surface area contributed by atoms with E-state index >= 15 is 0 Å². The van der Waals surface area contributed by atoms with E-state index in [9.17, 15) is 13.2 Å². The molecule has 0 aromatic heterocycles. The molecule has 0 spiro atoms. The van der Waals surface area contributed by atoms with E-state index in [0.717, 1.165) is 11.8 Å². The van der Waals surface area contributed by atoms with E-state index in [-0.39, 0.29) is 17.4 Å². The monoisotopic (exact) mass is 319 g/mol. The van der Waals surface area contributed by atoms with Crippen LogP contribution in [-0.4, -0.2) is 27.2 Å². The fourth-order valence-corrected chi connectivity index (χ4v) is 2.48. The maximum atomic E-state index is 11.8. The number of carbonyl (C=O) groups is 1. The first-order valence-electron chi connectivity index (χ1n) is 6.64. The minimum absolute atomic E-state index is 0.147. The summed E-state index contributed by atoms with van der Waals surface area (Å²) in [5.41, 5.74) is 1.76. The fraction of sp³-hybridized carbons (Fsp3) is 0.188. The second-order valence-corrected chi connectivity index (χ2v) is 6.97. The highest BCUT2D eigenvalue weighted by atomic mass is 32.2. The highest BCUT2D eigenvalue weighted by Crippen LogP contribution is 2.16. The van der Waals surface area contributed by atoms with Gasteiger partial charge in [0.25, 0.3) is 5.91 Å². The lowest BCUT2D eigenvalue weighted by molar-refractivity contribution is -0.118. The van der Waals surface area contributed by atoms with Gasteiger partial charge in [0, 0.05) is 11.9 Å². The number of sulfone groups is 1. The molecule has 2 aromatic carbocycles. The number of hydrogen-bond acceptors (Lipinski definition) is 4. The SMILES string of the molecule is Cc1cccc(NC(=O)COc2ccc(S(C)(=O)=O)cc2)c1. The zero-order valence-corrected chi connectivity index (χ0v) is 13.2. The molecule has 2 rings (SSSR count). The van der Waals surface area contributed by atoms with E-state index < -0.39 is 9.84 Å². The summed E-state index contributed by atoms with van der Waals surface area (Å²) in [6.45, 7) is 1.79. The summed E-state index contributed by atoms with van der Waals surface area (Å²) in [6.07, 6.45) is 1.14. The van der Waals surface area contributed by atoms with Crippen molar-refractivity contribution in [2.75, 3.05) is 18.2 Å².